The van der Waals surface area contributed by atoms with E-state index in [0.29, 0.717) is 11.8 Å². The van der Waals surface area contributed by atoms with E-state index >= 15 is 0 Å². The van der Waals surface area contributed by atoms with Crippen LogP contribution in [0.4, 0.5) is 0 Å². The molecule has 0 bridgehead atoms. The van der Waals surface area contributed by atoms with Gasteiger partial charge < -0.3 is 4.90 Å². The normalized spacial score (nSPS) is 21.9. The second-order valence-corrected chi connectivity index (χ2v) is 7.88. The Morgan fingerprint density at radius 2 is 2.14 bits per heavy atom. The lowest BCUT2D eigenvalue weighted by atomic mass is 9.87. The van der Waals surface area contributed by atoms with Gasteiger partial charge in [-0.25, -0.2) is 9.97 Å². The van der Waals surface area contributed by atoms with Crippen molar-refractivity contribution in [1.82, 2.24) is 14.9 Å². The number of fused-ring (bicyclic) bond motifs is 1. The first-order chi connectivity index (χ1) is 10.6. The Hall–Kier alpha value is -1.14. The molecule has 1 aliphatic rings. The van der Waals surface area contributed by atoms with Gasteiger partial charge in [0.1, 0.15) is 16.2 Å². The van der Waals surface area contributed by atoms with Crippen molar-refractivity contribution in [2.75, 3.05) is 12.8 Å². The molecule has 0 radical (unpaired) electrons. The topological polar surface area (TPSA) is 46.1 Å². The Labute approximate surface area is 139 Å². The quantitative estimate of drug-likeness (QED) is 0.629. The van der Waals surface area contributed by atoms with E-state index in [2.05, 4.69) is 16.9 Å². The predicted octanol–water partition coefficient (Wildman–Crippen LogP) is 3.82. The second-order valence-electron chi connectivity index (χ2n) is 6.03. The zero-order valence-corrected chi connectivity index (χ0v) is 14.6. The van der Waals surface area contributed by atoms with Crippen LogP contribution in [-0.4, -0.2) is 39.6 Å². The first-order valence-corrected chi connectivity index (χ1v) is 9.58. The number of thiophene rings is 1. The number of nitrogens with zero attached hydrogens (tertiary/aromatic N) is 3. The number of rotatable bonds is 4. The summed E-state index contributed by atoms with van der Waals surface area (Å²) < 4.78 is 0. The highest BCUT2D eigenvalue weighted by atomic mass is 32.2. The van der Waals surface area contributed by atoms with Crippen molar-refractivity contribution in [3.8, 4) is 0 Å². The zero-order chi connectivity index (χ0) is 15.5. The largest absolute Gasteiger partial charge is 0.342 e. The van der Waals surface area contributed by atoms with Crippen LogP contribution >= 0.6 is 23.1 Å². The van der Waals surface area contributed by atoms with Crippen LogP contribution < -0.4 is 0 Å². The summed E-state index contributed by atoms with van der Waals surface area (Å²) in [5.41, 5.74) is 0. The van der Waals surface area contributed by atoms with Gasteiger partial charge in [0.15, 0.2) is 0 Å². The first-order valence-electron chi connectivity index (χ1n) is 7.72. The van der Waals surface area contributed by atoms with Crippen molar-refractivity contribution in [2.24, 2.45) is 5.92 Å². The Bertz CT molecular complexity index is 650. The number of amides is 1. The zero-order valence-electron chi connectivity index (χ0n) is 13.0. The van der Waals surface area contributed by atoms with Crippen molar-refractivity contribution in [3.63, 3.8) is 0 Å². The minimum absolute atomic E-state index is 0.201. The second kappa shape index (κ2) is 6.96. The molecule has 0 unspecified atom stereocenters. The third-order valence-corrected chi connectivity index (χ3v) is 6.29. The summed E-state index contributed by atoms with van der Waals surface area (Å²) in [6, 6.07) is 2.44. The fourth-order valence-corrected chi connectivity index (χ4v) is 4.65. The van der Waals surface area contributed by atoms with E-state index < -0.39 is 0 Å². The molecule has 0 atom stereocenters. The molecule has 1 saturated carbocycles. The van der Waals surface area contributed by atoms with Crippen LogP contribution in [0.2, 0.25) is 0 Å². The van der Waals surface area contributed by atoms with Gasteiger partial charge in [-0.1, -0.05) is 18.7 Å². The molecule has 2 heterocycles. The number of hydrogen-bond acceptors (Lipinski definition) is 5. The minimum Gasteiger partial charge on any atom is -0.342 e. The number of carbonyl (C=O) groups excluding carboxylic acids is 1. The highest BCUT2D eigenvalue weighted by Gasteiger charge is 2.24. The van der Waals surface area contributed by atoms with Gasteiger partial charge in [-0.2, -0.15) is 0 Å². The summed E-state index contributed by atoms with van der Waals surface area (Å²) in [5.74, 6) is 1.46. The summed E-state index contributed by atoms with van der Waals surface area (Å²) in [5, 5.41) is 3.98. The highest BCUT2D eigenvalue weighted by Crippen LogP contribution is 2.29. The Morgan fingerprint density at radius 3 is 2.91 bits per heavy atom. The number of carbonyl (C=O) groups is 1. The molecule has 2 aromatic rings. The lowest BCUT2D eigenvalue weighted by Crippen LogP contribution is -2.40. The average molecular weight is 335 g/mol. The fraction of sp³-hybridized carbons (Fsp3) is 0.562. The molecule has 0 aromatic carbocycles. The molecule has 0 spiro atoms. The fourth-order valence-electron chi connectivity index (χ4n) is 2.95. The van der Waals surface area contributed by atoms with Crippen molar-refractivity contribution >= 4 is 39.2 Å². The molecule has 0 saturated heterocycles. The Kier molecular flexibility index (Phi) is 4.98. The SMILES string of the molecule is CC1CCC(N(C)C(=O)CSc2ncnc3sccc23)CC1. The molecule has 118 valence electrons. The van der Waals surface area contributed by atoms with Crippen molar-refractivity contribution in [2.45, 2.75) is 43.7 Å². The van der Waals surface area contributed by atoms with Crippen LogP contribution in [0.15, 0.2) is 22.8 Å². The van der Waals surface area contributed by atoms with Crippen LogP contribution in [-0.2, 0) is 4.79 Å². The van der Waals surface area contributed by atoms with Gasteiger partial charge in [0.25, 0.3) is 0 Å². The third kappa shape index (κ3) is 3.43. The summed E-state index contributed by atoms with van der Waals surface area (Å²) in [4.78, 5) is 23.9. The van der Waals surface area contributed by atoms with Crippen LogP contribution in [0.3, 0.4) is 0 Å². The van der Waals surface area contributed by atoms with Crippen molar-refractivity contribution in [1.29, 1.82) is 0 Å². The molecule has 1 fully saturated rings. The predicted molar refractivity (Wildman–Crippen MR) is 92.3 cm³/mol. The Morgan fingerprint density at radius 1 is 1.36 bits per heavy atom. The third-order valence-electron chi connectivity index (χ3n) is 4.48. The van der Waals surface area contributed by atoms with Crippen molar-refractivity contribution in [3.05, 3.63) is 17.8 Å². The standard InChI is InChI=1S/C16H21N3OS2/c1-11-3-5-12(6-4-11)19(2)14(20)9-22-16-13-7-8-21-15(13)17-10-18-16/h7-8,10-12H,3-6,9H2,1-2H3. The lowest BCUT2D eigenvalue weighted by Gasteiger charge is -2.33. The molecular weight excluding hydrogens is 314 g/mol. The summed E-state index contributed by atoms with van der Waals surface area (Å²) in [6.07, 6.45) is 6.32. The van der Waals surface area contributed by atoms with Crippen LogP contribution in [0, 0.1) is 5.92 Å². The van der Waals surface area contributed by atoms with Gasteiger partial charge in [0.05, 0.1) is 5.75 Å². The number of thioether (sulfide) groups is 1. The average Bonchev–Trinajstić information content (AvgIpc) is 3.01. The lowest BCUT2D eigenvalue weighted by molar-refractivity contribution is -0.129. The van der Waals surface area contributed by atoms with Gasteiger partial charge in [-0.05, 0) is 43.0 Å². The smallest absolute Gasteiger partial charge is 0.232 e. The monoisotopic (exact) mass is 335 g/mol. The first kappa shape index (κ1) is 15.7. The van der Waals surface area contributed by atoms with Crippen LogP contribution in [0.1, 0.15) is 32.6 Å². The van der Waals surface area contributed by atoms with Crippen molar-refractivity contribution < 1.29 is 4.79 Å². The van der Waals surface area contributed by atoms with Gasteiger partial charge in [-0.3, -0.25) is 4.79 Å². The van der Waals surface area contributed by atoms with E-state index in [4.69, 9.17) is 0 Å². The van der Waals surface area contributed by atoms with E-state index in [9.17, 15) is 4.79 Å². The maximum atomic E-state index is 12.4. The molecule has 0 aliphatic heterocycles. The molecule has 1 aliphatic carbocycles. The van der Waals surface area contributed by atoms with E-state index in [1.54, 1.807) is 17.7 Å². The number of aromatic nitrogens is 2. The number of hydrogen-bond donors (Lipinski definition) is 0. The van der Waals surface area contributed by atoms with Gasteiger partial charge in [-0.15, -0.1) is 11.3 Å². The van der Waals surface area contributed by atoms with E-state index in [1.165, 1.54) is 24.6 Å². The summed E-state index contributed by atoms with van der Waals surface area (Å²) in [7, 11) is 1.95. The van der Waals surface area contributed by atoms with Gasteiger partial charge in [0, 0.05) is 18.5 Å². The molecule has 2 aromatic heterocycles. The molecule has 4 nitrogen and oxygen atoms in total. The maximum Gasteiger partial charge on any atom is 0.232 e. The molecule has 1 amide bonds. The van der Waals surface area contributed by atoms with E-state index in [0.717, 1.165) is 34.0 Å². The molecule has 6 heteroatoms. The van der Waals surface area contributed by atoms with Crippen LogP contribution in [0.25, 0.3) is 10.2 Å². The summed E-state index contributed by atoms with van der Waals surface area (Å²) >= 11 is 3.13. The molecule has 22 heavy (non-hydrogen) atoms. The van der Waals surface area contributed by atoms with Gasteiger partial charge >= 0.3 is 0 Å². The summed E-state index contributed by atoms with van der Waals surface area (Å²) in [6.45, 7) is 2.30. The van der Waals surface area contributed by atoms with Crippen LogP contribution in [0.5, 0.6) is 0 Å². The van der Waals surface area contributed by atoms with E-state index in [-0.39, 0.29) is 5.91 Å². The highest BCUT2D eigenvalue weighted by molar-refractivity contribution is 8.00. The maximum absolute atomic E-state index is 12.4. The Balaban J connectivity index is 1.59. The molecular formula is C16H21N3OS2. The van der Waals surface area contributed by atoms with Gasteiger partial charge in [0.2, 0.25) is 5.91 Å². The van der Waals surface area contributed by atoms with E-state index in [1.807, 2.05) is 23.4 Å². The molecule has 0 N–H and O–H groups in total. The minimum atomic E-state index is 0.201. The molecule has 3 rings (SSSR count).